The number of methoxy groups -OCH3 is 1. The van der Waals surface area contributed by atoms with Crippen molar-refractivity contribution in [2.45, 2.75) is 0 Å². The first-order chi connectivity index (χ1) is 9.60. The molecule has 0 unspecified atom stereocenters. The minimum Gasteiger partial charge on any atom is -0.497 e. The molecule has 7 heteroatoms. The van der Waals surface area contributed by atoms with E-state index in [0.29, 0.717) is 24.7 Å². The molecule has 1 aromatic rings. The smallest absolute Gasteiger partial charge is 0.322 e. The summed E-state index contributed by atoms with van der Waals surface area (Å²) >= 11 is 0. The van der Waals surface area contributed by atoms with Gasteiger partial charge in [-0.15, -0.1) is 0 Å². The molecule has 1 heterocycles. The lowest BCUT2D eigenvalue weighted by Crippen LogP contribution is -2.42. The summed E-state index contributed by atoms with van der Waals surface area (Å²) in [6.07, 6.45) is 0. The number of nitrogens with one attached hydrogen (secondary N) is 1. The predicted octanol–water partition coefficient (Wildman–Crippen LogP) is 0.0948. The first-order valence-corrected chi connectivity index (χ1v) is 6.14. The van der Waals surface area contributed by atoms with Gasteiger partial charge in [-0.1, -0.05) is 0 Å². The summed E-state index contributed by atoms with van der Waals surface area (Å²) in [5.41, 5.74) is 0.765. The molecule has 1 aliphatic heterocycles. The van der Waals surface area contributed by atoms with E-state index in [1.54, 1.807) is 25.3 Å². The highest BCUT2D eigenvalue weighted by atomic mass is 16.5. The Bertz CT molecular complexity index is 517. The van der Waals surface area contributed by atoms with Crippen molar-refractivity contribution >= 4 is 17.6 Å². The van der Waals surface area contributed by atoms with E-state index in [-0.39, 0.29) is 19.0 Å². The van der Waals surface area contributed by atoms with Crippen LogP contribution in [0.5, 0.6) is 11.5 Å². The standard InChI is InChI=1S/C13H16N2O5/c1-19-9-2-3-11-10(6-9)15(4-5-20-11)8-12(16)14-7-13(17)18/h2-3,6H,4-5,7-8H2,1H3,(H,14,16)(H,17,18). The summed E-state index contributed by atoms with van der Waals surface area (Å²) in [6.45, 7) is 0.733. The first-order valence-electron chi connectivity index (χ1n) is 6.14. The van der Waals surface area contributed by atoms with E-state index in [2.05, 4.69) is 5.32 Å². The Hall–Kier alpha value is -2.44. The zero-order valence-corrected chi connectivity index (χ0v) is 11.1. The molecule has 0 saturated heterocycles. The summed E-state index contributed by atoms with van der Waals surface area (Å²) in [5, 5.41) is 10.9. The van der Waals surface area contributed by atoms with E-state index in [4.69, 9.17) is 14.6 Å². The van der Waals surface area contributed by atoms with Gasteiger partial charge < -0.3 is 24.8 Å². The Kier molecular flexibility index (Phi) is 4.29. The van der Waals surface area contributed by atoms with Crippen molar-refractivity contribution in [3.63, 3.8) is 0 Å². The maximum Gasteiger partial charge on any atom is 0.322 e. The van der Waals surface area contributed by atoms with Crippen LogP contribution in [0.4, 0.5) is 5.69 Å². The maximum atomic E-state index is 11.7. The molecule has 1 amide bonds. The number of nitrogens with zero attached hydrogens (tertiary/aromatic N) is 1. The topological polar surface area (TPSA) is 88.1 Å². The number of carbonyl (C=O) groups is 2. The molecule has 20 heavy (non-hydrogen) atoms. The van der Waals surface area contributed by atoms with Gasteiger partial charge in [0.25, 0.3) is 0 Å². The van der Waals surface area contributed by atoms with Crippen LogP contribution in [-0.4, -0.2) is 50.3 Å². The van der Waals surface area contributed by atoms with Gasteiger partial charge in [-0.25, -0.2) is 0 Å². The zero-order valence-electron chi connectivity index (χ0n) is 11.1. The minimum absolute atomic E-state index is 0.0802. The molecule has 1 aromatic carbocycles. The predicted molar refractivity (Wildman–Crippen MR) is 71.3 cm³/mol. The van der Waals surface area contributed by atoms with Gasteiger partial charge in [0.1, 0.15) is 24.7 Å². The number of fused-ring (bicyclic) bond motifs is 1. The summed E-state index contributed by atoms with van der Waals surface area (Å²) in [6, 6.07) is 5.36. The Morgan fingerprint density at radius 1 is 1.50 bits per heavy atom. The Labute approximate surface area is 116 Å². The second-order valence-corrected chi connectivity index (χ2v) is 4.27. The lowest BCUT2D eigenvalue weighted by molar-refractivity contribution is -0.137. The van der Waals surface area contributed by atoms with E-state index >= 15 is 0 Å². The number of anilines is 1. The van der Waals surface area contributed by atoms with Crippen molar-refractivity contribution in [2.24, 2.45) is 0 Å². The van der Waals surface area contributed by atoms with Gasteiger partial charge in [-0.05, 0) is 12.1 Å². The molecule has 108 valence electrons. The molecule has 2 rings (SSSR count). The molecular formula is C13H16N2O5. The van der Waals surface area contributed by atoms with E-state index in [0.717, 1.165) is 5.69 Å². The number of aliphatic carboxylic acids is 1. The average molecular weight is 280 g/mol. The fraction of sp³-hybridized carbons (Fsp3) is 0.385. The highest BCUT2D eigenvalue weighted by molar-refractivity contribution is 5.85. The van der Waals surface area contributed by atoms with Crippen molar-refractivity contribution in [3.8, 4) is 11.5 Å². The highest BCUT2D eigenvalue weighted by Gasteiger charge is 2.21. The third kappa shape index (κ3) is 3.31. The molecule has 1 aliphatic rings. The van der Waals surface area contributed by atoms with Crippen LogP contribution in [0.25, 0.3) is 0 Å². The van der Waals surface area contributed by atoms with E-state index < -0.39 is 5.97 Å². The summed E-state index contributed by atoms with van der Waals surface area (Å²) in [4.78, 5) is 23.9. The highest BCUT2D eigenvalue weighted by Crippen LogP contribution is 2.34. The van der Waals surface area contributed by atoms with Crippen LogP contribution in [-0.2, 0) is 9.59 Å². The number of ether oxygens (including phenoxy) is 2. The molecule has 0 bridgehead atoms. The monoisotopic (exact) mass is 280 g/mol. The van der Waals surface area contributed by atoms with Gasteiger partial charge in [0.15, 0.2) is 0 Å². The van der Waals surface area contributed by atoms with E-state index in [9.17, 15) is 9.59 Å². The Morgan fingerprint density at radius 3 is 3.00 bits per heavy atom. The normalized spacial score (nSPS) is 13.2. The van der Waals surface area contributed by atoms with Crippen molar-refractivity contribution in [1.82, 2.24) is 5.32 Å². The molecule has 0 fully saturated rings. The average Bonchev–Trinajstić information content (AvgIpc) is 2.45. The van der Waals surface area contributed by atoms with Crippen molar-refractivity contribution in [1.29, 1.82) is 0 Å². The number of carboxylic acids is 1. The molecule has 0 saturated carbocycles. The fourth-order valence-electron chi connectivity index (χ4n) is 1.95. The number of carbonyl (C=O) groups excluding carboxylic acids is 1. The van der Waals surface area contributed by atoms with Gasteiger partial charge >= 0.3 is 5.97 Å². The summed E-state index contributed by atoms with van der Waals surface area (Å²) < 4.78 is 10.7. The van der Waals surface area contributed by atoms with Crippen LogP contribution in [0.3, 0.4) is 0 Å². The second-order valence-electron chi connectivity index (χ2n) is 4.27. The third-order valence-corrected chi connectivity index (χ3v) is 2.90. The first kappa shape index (κ1) is 14.0. The van der Waals surface area contributed by atoms with Gasteiger partial charge in [0.05, 0.1) is 25.9 Å². The van der Waals surface area contributed by atoms with Crippen LogP contribution in [0.15, 0.2) is 18.2 Å². The second kappa shape index (κ2) is 6.14. The number of hydrogen-bond donors (Lipinski definition) is 2. The number of amides is 1. The lowest BCUT2D eigenvalue weighted by Gasteiger charge is -2.30. The van der Waals surface area contributed by atoms with Crippen LogP contribution in [0.2, 0.25) is 0 Å². The molecule has 7 nitrogen and oxygen atoms in total. The van der Waals surface area contributed by atoms with Gasteiger partial charge in [-0.3, -0.25) is 9.59 Å². The van der Waals surface area contributed by atoms with Crippen LogP contribution in [0, 0.1) is 0 Å². The molecule has 0 spiro atoms. The van der Waals surface area contributed by atoms with Gasteiger partial charge in [0, 0.05) is 6.07 Å². The van der Waals surface area contributed by atoms with Crippen molar-refractivity contribution < 1.29 is 24.2 Å². The number of benzene rings is 1. The Morgan fingerprint density at radius 2 is 2.30 bits per heavy atom. The largest absolute Gasteiger partial charge is 0.497 e. The minimum atomic E-state index is -1.07. The van der Waals surface area contributed by atoms with Crippen molar-refractivity contribution in [2.75, 3.05) is 38.3 Å². The number of rotatable bonds is 5. The Balaban J connectivity index is 2.07. The fourth-order valence-corrected chi connectivity index (χ4v) is 1.95. The third-order valence-electron chi connectivity index (χ3n) is 2.90. The van der Waals surface area contributed by atoms with E-state index in [1.165, 1.54) is 0 Å². The van der Waals surface area contributed by atoms with Crippen LogP contribution < -0.4 is 19.7 Å². The SMILES string of the molecule is COc1ccc2c(c1)N(CC(=O)NCC(=O)O)CCO2. The number of carboxylic acid groups (broad SMARTS) is 1. The van der Waals surface area contributed by atoms with E-state index in [1.807, 2.05) is 4.90 Å². The van der Waals surface area contributed by atoms with Crippen molar-refractivity contribution in [3.05, 3.63) is 18.2 Å². The molecule has 0 aromatic heterocycles. The lowest BCUT2D eigenvalue weighted by atomic mass is 10.2. The number of hydrogen-bond acceptors (Lipinski definition) is 5. The summed E-state index contributed by atoms with van der Waals surface area (Å²) in [7, 11) is 1.56. The molecule has 0 radical (unpaired) electrons. The van der Waals surface area contributed by atoms with Gasteiger partial charge in [0.2, 0.25) is 5.91 Å². The molecular weight excluding hydrogens is 264 g/mol. The van der Waals surface area contributed by atoms with Crippen LogP contribution in [0.1, 0.15) is 0 Å². The van der Waals surface area contributed by atoms with Crippen LogP contribution >= 0.6 is 0 Å². The molecule has 2 N–H and O–H groups in total. The quantitative estimate of drug-likeness (QED) is 0.795. The molecule has 0 atom stereocenters. The maximum absolute atomic E-state index is 11.7. The molecule has 0 aliphatic carbocycles. The summed E-state index contributed by atoms with van der Waals surface area (Å²) in [5.74, 6) is -0.0567. The zero-order chi connectivity index (χ0) is 14.5. The van der Waals surface area contributed by atoms with Gasteiger partial charge in [-0.2, -0.15) is 0 Å².